The number of hydrogen-bond acceptors (Lipinski definition) is 7. The maximum atomic E-state index is 13.4. The van der Waals surface area contributed by atoms with Crippen molar-refractivity contribution in [3.05, 3.63) is 53.8 Å². The van der Waals surface area contributed by atoms with Crippen molar-refractivity contribution in [3.63, 3.8) is 0 Å². The summed E-state index contributed by atoms with van der Waals surface area (Å²) in [6.45, 7) is 4.26. The molecule has 0 aliphatic carbocycles. The lowest BCUT2D eigenvalue weighted by Gasteiger charge is -2.32. The van der Waals surface area contributed by atoms with Crippen LogP contribution >= 0.6 is 0 Å². The van der Waals surface area contributed by atoms with Gasteiger partial charge in [0, 0.05) is 36.9 Å². The van der Waals surface area contributed by atoms with E-state index in [1.165, 1.54) is 12.1 Å². The lowest BCUT2D eigenvalue weighted by atomic mass is 9.91. The van der Waals surface area contributed by atoms with Crippen LogP contribution in [0.5, 0.6) is 5.75 Å². The number of hydrogen-bond donors (Lipinski definition) is 1. The Morgan fingerprint density at radius 3 is 2.87 bits per heavy atom. The highest BCUT2D eigenvalue weighted by atomic mass is 19.1. The van der Waals surface area contributed by atoms with E-state index in [-0.39, 0.29) is 18.3 Å². The van der Waals surface area contributed by atoms with Crippen LogP contribution in [0.1, 0.15) is 30.3 Å². The van der Waals surface area contributed by atoms with Crippen molar-refractivity contribution in [2.75, 3.05) is 26.2 Å². The van der Waals surface area contributed by atoms with Gasteiger partial charge in [0.2, 0.25) is 0 Å². The number of nitrogens with zero attached hydrogens (tertiary/aromatic N) is 3. The molecule has 0 amide bonds. The third kappa shape index (κ3) is 4.26. The van der Waals surface area contributed by atoms with Gasteiger partial charge in [-0.15, -0.1) is 0 Å². The second-order valence-corrected chi connectivity index (χ2v) is 8.11. The van der Waals surface area contributed by atoms with Gasteiger partial charge in [0.1, 0.15) is 29.8 Å². The van der Waals surface area contributed by atoms with Crippen molar-refractivity contribution < 1.29 is 23.2 Å². The average Bonchev–Trinajstić information content (AvgIpc) is 3.34. The van der Waals surface area contributed by atoms with Crippen LogP contribution in [0.25, 0.3) is 22.1 Å². The molecule has 0 spiro atoms. The Kier molecular flexibility index (Phi) is 5.33. The number of halogens is 1. The van der Waals surface area contributed by atoms with E-state index in [1.54, 1.807) is 13.0 Å². The maximum Gasteiger partial charge on any atom is 0.192 e. The number of rotatable bonds is 6. The molecule has 7 nitrogen and oxygen atoms in total. The molecule has 1 aliphatic heterocycles. The standard InChI is InChI=1S/C23H24FN3O4/c1-14-25-20-11-18(3-5-21(20)30-14)29-13-17(28)12-27-8-6-15(7-9-27)23-19-4-2-16(24)10-22(19)31-26-23/h2-5,10-11,15,17,28H,6-9,12-13H2,1H3. The Morgan fingerprint density at radius 2 is 2.03 bits per heavy atom. The van der Waals surface area contributed by atoms with Crippen molar-refractivity contribution in [2.45, 2.75) is 31.8 Å². The topological polar surface area (TPSA) is 84.8 Å². The summed E-state index contributed by atoms with van der Waals surface area (Å²) < 4.78 is 29.9. The Labute approximate surface area is 178 Å². The van der Waals surface area contributed by atoms with E-state index in [1.807, 2.05) is 18.2 Å². The van der Waals surface area contributed by atoms with Crippen molar-refractivity contribution in [1.29, 1.82) is 0 Å². The lowest BCUT2D eigenvalue weighted by Crippen LogP contribution is -2.40. The van der Waals surface area contributed by atoms with Gasteiger partial charge < -0.3 is 23.7 Å². The maximum absolute atomic E-state index is 13.4. The van der Waals surface area contributed by atoms with Crippen molar-refractivity contribution in [2.24, 2.45) is 0 Å². The van der Waals surface area contributed by atoms with Gasteiger partial charge in [0.05, 0.1) is 5.69 Å². The second kappa shape index (κ2) is 8.28. The zero-order valence-corrected chi connectivity index (χ0v) is 17.3. The SMILES string of the molecule is Cc1nc2cc(OCC(O)CN3CCC(c4noc5cc(F)ccc45)CC3)ccc2o1. The Balaban J connectivity index is 1.13. The molecule has 1 atom stereocenters. The number of ether oxygens (including phenoxy) is 1. The molecule has 1 unspecified atom stereocenters. The first kappa shape index (κ1) is 20.0. The van der Waals surface area contributed by atoms with Gasteiger partial charge in [-0.3, -0.25) is 0 Å². The molecule has 1 N–H and O–H groups in total. The number of aliphatic hydroxyl groups is 1. The minimum Gasteiger partial charge on any atom is -0.491 e. The largest absolute Gasteiger partial charge is 0.491 e. The van der Waals surface area contributed by atoms with E-state index < -0.39 is 6.10 Å². The number of benzene rings is 2. The summed E-state index contributed by atoms with van der Waals surface area (Å²) in [6, 6.07) is 10.0. The molecule has 1 aliphatic rings. The highest BCUT2D eigenvalue weighted by molar-refractivity contribution is 5.80. The first-order valence-corrected chi connectivity index (χ1v) is 10.5. The van der Waals surface area contributed by atoms with E-state index in [4.69, 9.17) is 13.7 Å². The van der Waals surface area contributed by atoms with Crippen LogP contribution < -0.4 is 4.74 Å². The average molecular weight is 425 g/mol. The van der Waals surface area contributed by atoms with E-state index in [9.17, 15) is 9.50 Å². The van der Waals surface area contributed by atoms with E-state index in [0.29, 0.717) is 23.8 Å². The van der Waals surface area contributed by atoms with Gasteiger partial charge in [-0.05, 0) is 50.2 Å². The number of aryl methyl sites for hydroxylation is 1. The van der Waals surface area contributed by atoms with E-state index >= 15 is 0 Å². The molecule has 3 heterocycles. The summed E-state index contributed by atoms with van der Waals surface area (Å²) in [5.74, 6) is 1.22. The number of aromatic nitrogens is 2. The van der Waals surface area contributed by atoms with Gasteiger partial charge in [0.15, 0.2) is 17.1 Å². The smallest absolute Gasteiger partial charge is 0.192 e. The zero-order valence-electron chi connectivity index (χ0n) is 17.3. The summed E-state index contributed by atoms with van der Waals surface area (Å²) in [5.41, 5.74) is 2.86. The molecule has 5 rings (SSSR count). The van der Waals surface area contributed by atoms with Crippen molar-refractivity contribution >= 4 is 22.1 Å². The fourth-order valence-electron chi connectivity index (χ4n) is 4.27. The van der Waals surface area contributed by atoms with Crippen molar-refractivity contribution in [3.8, 4) is 5.75 Å². The van der Waals surface area contributed by atoms with Crippen LogP contribution in [0.15, 0.2) is 45.3 Å². The third-order valence-electron chi connectivity index (χ3n) is 5.81. The second-order valence-electron chi connectivity index (χ2n) is 8.11. The molecule has 2 aromatic carbocycles. The van der Waals surface area contributed by atoms with Crippen LogP contribution in [0, 0.1) is 12.7 Å². The normalized spacial score (nSPS) is 16.9. The summed E-state index contributed by atoms with van der Waals surface area (Å²) in [7, 11) is 0. The van der Waals surface area contributed by atoms with Gasteiger partial charge in [-0.1, -0.05) is 5.16 Å². The first-order valence-electron chi connectivity index (χ1n) is 10.5. The predicted octanol–water partition coefficient (Wildman–Crippen LogP) is 4.04. The monoisotopic (exact) mass is 425 g/mol. The van der Waals surface area contributed by atoms with Gasteiger partial charge in [0.25, 0.3) is 0 Å². The fourth-order valence-corrected chi connectivity index (χ4v) is 4.27. The Morgan fingerprint density at radius 1 is 1.19 bits per heavy atom. The number of aliphatic hydroxyl groups excluding tert-OH is 1. The first-order chi connectivity index (χ1) is 15.0. The molecular formula is C23H24FN3O4. The summed E-state index contributed by atoms with van der Waals surface area (Å²) >= 11 is 0. The number of β-amino-alcohol motifs (C(OH)–C–C–N with tert-alkyl or cyclic N) is 1. The van der Waals surface area contributed by atoms with Gasteiger partial charge >= 0.3 is 0 Å². The Hall–Kier alpha value is -2.97. The van der Waals surface area contributed by atoms with Crippen LogP contribution in [-0.4, -0.2) is 52.5 Å². The van der Waals surface area contributed by atoms with Gasteiger partial charge in [-0.2, -0.15) is 0 Å². The third-order valence-corrected chi connectivity index (χ3v) is 5.81. The number of fused-ring (bicyclic) bond motifs is 2. The lowest BCUT2D eigenvalue weighted by molar-refractivity contribution is 0.0592. The molecule has 1 saturated heterocycles. The molecule has 4 aromatic rings. The number of likely N-dealkylation sites (tertiary alicyclic amines) is 1. The molecule has 0 saturated carbocycles. The number of oxazole rings is 1. The van der Waals surface area contributed by atoms with E-state index in [2.05, 4.69) is 15.0 Å². The highest BCUT2D eigenvalue weighted by Gasteiger charge is 2.26. The van der Waals surface area contributed by atoms with Gasteiger partial charge in [-0.25, -0.2) is 9.37 Å². The van der Waals surface area contributed by atoms with Crippen molar-refractivity contribution in [1.82, 2.24) is 15.0 Å². The number of piperidine rings is 1. The molecule has 0 bridgehead atoms. The minimum absolute atomic E-state index is 0.210. The summed E-state index contributed by atoms with van der Waals surface area (Å²) in [6.07, 6.45) is 1.23. The fraction of sp³-hybridized carbons (Fsp3) is 0.391. The Bertz CT molecular complexity index is 1200. The zero-order chi connectivity index (χ0) is 21.4. The molecule has 0 radical (unpaired) electrons. The molecule has 8 heteroatoms. The van der Waals surface area contributed by atoms with Crippen LogP contribution in [0.4, 0.5) is 4.39 Å². The summed E-state index contributed by atoms with van der Waals surface area (Å²) in [4.78, 5) is 6.53. The quantitative estimate of drug-likeness (QED) is 0.499. The molecule has 2 aromatic heterocycles. The molecular weight excluding hydrogens is 401 g/mol. The van der Waals surface area contributed by atoms with Crippen LogP contribution in [0.3, 0.4) is 0 Å². The minimum atomic E-state index is -0.595. The summed E-state index contributed by atoms with van der Waals surface area (Å²) in [5, 5.41) is 15.5. The highest BCUT2D eigenvalue weighted by Crippen LogP contribution is 2.32. The van der Waals surface area contributed by atoms with E-state index in [0.717, 1.165) is 48.1 Å². The molecule has 31 heavy (non-hydrogen) atoms. The molecule has 162 valence electrons. The van der Waals surface area contributed by atoms with Crippen LogP contribution in [0.2, 0.25) is 0 Å². The van der Waals surface area contributed by atoms with Crippen LogP contribution in [-0.2, 0) is 0 Å². The molecule has 1 fully saturated rings. The predicted molar refractivity (Wildman–Crippen MR) is 113 cm³/mol.